The number of rotatable bonds is 3. The zero-order valence-corrected chi connectivity index (χ0v) is 12.4. The first kappa shape index (κ1) is 15.1. The lowest BCUT2D eigenvalue weighted by atomic mass is 10.2. The van der Waals surface area contributed by atoms with Crippen molar-refractivity contribution in [1.29, 1.82) is 0 Å². The largest absolute Gasteiger partial charge is 0.396 e. The standard InChI is InChI=1S/C13H10Cl2FNO2S/c14-9-4-5-10(15)12(6-9)20(18,19)7-8-2-1-3-11(17)13(8)16/h1-6H,7,17H2. The third-order valence-electron chi connectivity index (χ3n) is 2.68. The van der Waals surface area contributed by atoms with Gasteiger partial charge in [0.05, 0.1) is 21.4 Å². The van der Waals surface area contributed by atoms with Crippen LogP contribution in [0.2, 0.25) is 10.0 Å². The second kappa shape index (κ2) is 5.60. The summed E-state index contributed by atoms with van der Waals surface area (Å²) in [6.07, 6.45) is 0. The number of anilines is 1. The Morgan fingerprint density at radius 2 is 1.85 bits per heavy atom. The van der Waals surface area contributed by atoms with E-state index in [4.69, 9.17) is 28.9 Å². The average molecular weight is 334 g/mol. The summed E-state index contributed by atoms with van der Waals surface area (Å²) in [7, 11) is -3.82. The fourth-order valence-electron chi connectivity index (χ4n) is 1.71. The monoisotopic (exact) mass is 333 g/mol. The van der Waals surface area contributed by atoms with Gasteiger partial charge in [0.15, 0.2) is 9.84 Å². The van der Waals surface area contributed by atoms with Gasteiger partial charge in [0.25, 0.3) is 0 Å². The number of hydrogen-bond acceptors (Lipinski definition) is 3. The zero-order valence-electron chi connectivity index (χ0n) is 10.1. The minimum Gasteiger partial charge on any atom is -0.396 e. The Kier molecular flexibility index (Phi) is 4.22. The van der Waals surface area contributed by atoms with Gasteiger partial charge in [-0.2, -0.15) is 0 Å². The molecule has 0 bridgehead atoms. The Labute approximate surface area is 126 Å². The number of sulfone groups is 1. The van der Waals surface area contributed by atoms with Crippen molar-refractivity contribution in [3.63, 3.8) is 0 Å². The fraction of sp³-hybridized carbons (Fsp3) is 0.0769. The molecule has 0 unspecified atom stereocenters. The molecule has 0 aliphatic heterocycles. The topological polar surface area (TPSA) is 60.2 Å². The lowest BCUT2D eigenvalue weighted by Gasteiger charge is -2.09. The van der Waals surface area contributed by atoms with Crippen molar-refractivity contribution in [2.75, 3.05) is 5.73 Å². The third-order valence-corrected chi connectivity index (χ3v) is 5.06. The van der Waals surface area contributed by atoms with Gasteiger partial charge >= 0.3 is 0 Å². The van der Waals surface area contributed by atoms with Crippen LogP contribution in [-0.2, 0) is 15.6 Å². The summed E-state index contributed by atoms with van der Waals surface area (Å²) in [6.45, 7) is 0. The molecule has 0 radical (unpaired) electrons. The van der Waals surface area contributed by atoms with Crippen LogP contribution in [0.5, 0.6) is 0 Å². The summed E-state index contributed by atoms with van der Waals surface area (Å²) in [6, 6.07) is 8.31. The van der Waals surface area contributed by atoms with Crippen LogP contribution in [0.15, 0.2) is 41.3 Å². The normalized spacial score (nSPS) is 11.6. The van der Waals surface area contributed by atoms with Crippen molar-refractivity contribution < 1.29 is 12.8 Å². The highest BCUT2D eigenvalue weighted by molar-refractivity contribution is 7.90. The second-order valence-electron chi connectivity index (χ2n) is 4.15. The van der Waals surface area contributed by atoms with Crippen LogP contribution in [0, 0.1) is 5.82 Å². The highest BCUT2D eigenvalue weighted by Gasteiger charge is 2.21. The van der Waals surface area contributed by atoms with Gasteiger partial charge in [0.1, 0.15) is 5.82 Å². The molecule has 2 aromatic rings. The van der Waals surface area contributed by atoms with E-state index in [0.717, 1.165) is 0 Å². The molecule has 0 aliphatic rings. The van der Waals surface area contributed by atoms with Gasteiger partial charge < -0.3 is 5.73 Å². The summed E-state index contributed by atoms with van der Waals surface area (Å²) in [5.41, 5.74) is 5.30. The van der Waals surface area contributed by atoms with E-state index in [9.17, 15) is 12.8 Å². The van der Waals surface area contributed by atoms with Gasteiger partial charge in [0.2, 0.25) is 0 Å². The first-order valence-corrected chi connectivity index (χ1v) is 7.93. The predicted molar refractivity (Wildman–Crippen MR) is 78.2 cm³/mol. The summed E-state index contributed by atoms with van der Waals surface area (Å²) in [5.74, 6) is -1.28. The molecule has 0 aliphatic carbocycles. The molecule has 0 saturated heterocycles. The Hall–Kier alpha value is -1.30. The highest BCUT2D eigenvalue weighted by Crippen LogP contribution is 2.28. The van der Waals surface area contributed by atoms with Crippen molar-refractivity contribution in [3.8, 4) is 0 Å². The molecule has 0 saturated carbocycles. The Balaban J connectivity index is 2.46. The lowest BCUT2D eigenvalue weighted by Crippen LogP contribution is -2.08. The maximum Gasteiger partial charge on any atom is 0.184 e. The van der Waals surface area contributed by atoms with Crippen molar-refractivity contribution in [3.05, 3.63) is 57.8 Å². The van der Waals surface area contributed by atoms with Crippen LogP contribution in [0.3, 0.4) is 0 Å². The summed E-state index contributed by atoms with van der Waals surface area (Å²) < 4.78 is 38.4. The minimum absolute atomic E-state index is 0.0129. The number of nitrogen functional groups attached to an aromatic ring is 1. The molecular formula is C13H10Cl2FNO2S. The number of halogens is 3. The SMILES string of the molecule is Nc1cccc(CS(=O)(=O)c2cc(Cl)ccc2Cl)c1F. The smallest absolute Gasteiger partial charge is 0.184 e. The third kappa shape index (κ3) is 3.06. The van der Waals surface area contributed by atoms with Crippen LogP contribution in [-0.4, -0.2) is 8.42 Å². The molecule has 2 N–H and O–H groups in total. The van der Waals surface area contributed by atoms with Crippen molar-refractivity contribution in [2.45, 2.75) is 10.6 Å². The molecule has 2 aromatic carbocycles. The minimum atomic E-state index is -3.82. The van der Waals surface area contributed by atoms with Crippen molar-refractivity contribution in [2.24, 2.45) is 0 Å². The molecule has 0 aromatic heterocycles. The molecule has 2 rings (SSSR count). The van der Waals surface area contributed by atoms with Gasteiger partial charge in [0, 0.05) is 10.6 Å². The summed E-state index contributed by atoms with van der Waals surface area (Å²) in [5, 5.41) is 0.278. The van der Waals surface area contributed by atoms with Gasteiger partial charge in [-0.15, -0.1) is 0 Å². The molecule has 0 heterocycles. The van der Waals surface area contributed by atoms with E-state index in [1.54, 1.807) is 0 Å². The maximum atomic E-state index is 13.8. The van der Waals surface area contributed by atoms with Gasteiger partial charge in [-0.3, -0.25) is 0 Å². The van der Waals surface area contributed by atoms with Crippen LogP contribution in [0.25, 0.3) is 0 Å². The van der Waals surface area contributed by atoms with E-state index < -0.39 is 21.4 Å². The number of nitrogens with two attached hydrogens (primary N) is 1. The number of hydrogen-bond donors (Lipinski definition) is 1. The van der Waals surface area contributed by atoms with E-state index in [1.165, 1.54) is 36.4 Å². The summed E-state index contributed by atoms with van der Waals surface area (Å²) in [4.78, 5) is -0.131. The number of benzene rings is 2. The van der Waals surface area contributed by atoms with Gasteiger partial charge in [-0.1, -0.05) is 35.3 Å². The van der Waals surface area contributed by atoms with Crippen LogP contribution >= 0.6 is 23.2 Å². The molecule has 20 heavy (non-hydrogen) atoms. The van der Waals surface area contributed by atoms with Crippen molar-refractivity contribution in [1.82, 2.24) is 0 Å². The second-order valence-corrected chi connectivity index (χ2v) is 6.96. The van der Waals surface area contributed by atoms with Crippen molar-refractivity contribution >= 4 is 38.7 Å². The maximum absolute atomic E-state index is 13.8. The van der Waals surface area contributed by atoms with E-state index in [1.807, 2.05) is 0 Å². The molecule has 0 atom stereocenters. The van der Waals surface area contributed by atoms with Crippen LogP contribution in [0.4, 0.5) is 10.1 Å². The average Bonchev–Trinajstić information content (AvgIpc) is 2.37. The predicted octanol–water partition coefficient (Wildman–Crippen LogP) is 3.69. The quantitative estimate of drug-likeness (QED) is 0.871. The zero-order chi connectivity index (χ0) is 14.9. The molecule has 0 fully saturated rings. The van der Waals surface area contributed by atoms with E-state index in [0.29, 0.717) is 0 Å². The van der Waals surface area contributed by atoms with E-state index in [-0.39, 0.29) is 26.2 Å². The molecule has 7 heteroatoms. The van der Waals surface area contributed by atoms with E-state index >= 15 is 0 Å². The van der Waals surface area contributed by atoms with Gasteiger partial charge in [-0.25, -0.2) is 12.8 Å². The van der Waals surface area contributed by atoms with Crippen LogP contribution in [0.1, 0.15) is 5.56 Å². The Bertz CT molecular complexity index is 763. The molecular weight excluding hydrogens is 324 g/mol. The summed E-state index contributed by atoms with van der Waals surface area (Å²) >= 11 is 11.6. The first-order chi connectivity index (χ1) is 9.31. The first-order valence-electron chi connectivity index (χ1n) is 5.52. The molecule has 106 valence electrons. The molecule has 0 amide bonds. The Morgan fingerprint density at radius 3 is 2.55 bits per heavy atom. The van der Waals surface area contributed by atoms with Gasteiger partial charge in [-0.05, 0) is 24.3 Å². The lowest BCUT2D eigenvalue weighted by molar-refractivity contribution is 0.588. The molecule has 3 nitrogen and oxygen atoms in total. The van der Waals surface area contributed by atoms with E-state index in [2.05, 4.69) is 0 Å². The molecule has 0 spiro atoms. The highest BCUT2D eigenvalue weighted by atomic mass is 35.5. The Morgan fingerprint density at radius 1 is 1.15 bits per heavy atom. The van der Waals surface area contributed by atoms with Crippen LogP contribution < -0.4 is 5.73 Å². The fourth-order valence-corrected chi connectivity index (χ4v) is 3.88.